The summed E-state index contributed by atoms with van der Waals surface area (Å²) < 4.78 is 40.3. The van der Waals surface area contributed by atoms with E-state index in [2.05, 4.69) is 10.1 Å². The van der Waals surface area contributed by atoms with Crippen LogP contribution in [0.3, 0.4) is 0 Å². The van der Waals surface area contributed by atoms with Crippen LogP contribution in [0, 0.1) is 11.3 Å². The first-order valence-electron chi connectivity index (χ1n) is 6.02. The number of rotatable bonds is 2. The summed E-state index contributed by atoms with van der Waals surface area (Å²) in [6.45, 7) is 0. The molecule has 3 aromatic rings. The number of aromatic nitrogens is 3. The summed E-state index contributed by atoms with van der Waals surface area (Å²) in [6, 6.07) is 6.18. The molecule has 0 aliphatic carbocycles. The molecule has 0 spiro atoms. The van der Waals surface area contributed by atoms with Crippen molar-refractivity contribution in [3.63, 3.8) is 0 Å². The standard InChI is InChI=1S/C13H5F3N4OS2/c14-13(15,16)9-5-8(2-1-7(9)6-17)22-12-19-20-10(21)3-4-18-11(20)23-12/h1-5H. The second-order valence-electron chi connectivity index (χ2n) is 4.26. The maximum Gasteiger partial charge on any atom is 0.417 e. The fourth-order valence-electron chi connectivity index (χ4n) is 1.79. The molecule has 10 heteroatoms. The summed E-state index contributed by atoms with van der Waals surface area (Å²) in [6.07, 6.45) is -3.28. The lowest BCUT2D eigenvalue weighted by atomic mass is 10.1. The number of nitrogens with zero attached hydrogens (tertiary/aromatic N) is 4. The molecule has 116 valence electrons. The molecule has 0 atom stereocenters. The lowest BCUT2D eigenvalue weighted by Gasteiger charge is -2.09. The normalized spacial score (nSPS) is 11.6. The highest BCUT2D eigenvalue weighted by atomic mass is 32.2. The van der Waals surface area contributed by atoms with Crippen LogP contribution in [-0.4, -0.2) is 14.6 Å². The summed E-state index contributed by atoms with van der Waals surface area (Å²) in [7, 11) is 0. The Kier molecular flexibility index (Phi) is 3.83. The van der Waals surface area contributed by atoms with Gasteiger partial charge in [-0.2, -0.15) is 22.9 Å². The quantitative estimate of drug-likeness (QED) is 0.707. The lowest BCUT2D eigenvalue weighted by molar-refractivity contribution is -0.137. The molecule has 0 aliphatic heterocycles. The fraction of sp³-hybridized carbons (Fsp3) is 0.0769. The van der Waals surface area contributed by atoms with Gasteiger partial charge in [0.05, 0.1) is 17.2 Å². The first-order chi connectivity index (χ1) is 10.9. The van der Waals surface area contributed by atoms with Crippen LogP contribution in [0.1, 0.15) is 11.1 Å². The smallest absolute Gasteiger partial charge is 0.267 e. The van der Waals surface area contributed by atoms with Crippen LogP contribution in [0.15, 0.2) is 44.5 Å². The Balaban J connectivity index is 2.01. The van der Waals surface area contributed by atoms with Crippen LogP contribution in [0.5, 0.6) is 0 Å². The monoisotopic (exact) mass is 354 g/mol. The third kappa shape index (κ3) is 3.06. The van der Waals surface area contributed by atoms with Crippen molar-refractivity contribution < 1.29 is 13.2 Å². The molecule has 2 heterocycles. The van der Waals surface area contributed by atoms with Gasteiger partial charge < -0.3 is 0 Å². The number of hydrogen-bond donors (Lipinski definition) is 0. The minimum absolute atomic E-state index is 0.267. The van der Waals surface area contributed by atoms with Crippen molar-refractivity contribution >= 4 is 28.1 Å². The van der Waals surface area contributed by atoms with Gasteiger partial charge in [0, 0.05) is 17.2 Å². The Morgan fingerprint density at radius 3 is 2.74 bits per heavy atom. The minimum Gasteiger partial charge on any atom is -0.267 e. The van der Waals surface area contributed by atoms with E-state index in [-0.39, 0.29) is 10.5 Å². The number of hydrogen-bond acceptors (Lipinski definition) is 6. The Morgan fingerprint density at radius 1 is 1.30 bits per heavy atom. The van der Waals surface area contributed by atoms with Gasteiger partial charge in [-0.25, -0.2) is 4.98 Å². The third-order valence-electron chi connectivity index (χ3n) is 2.77. The first kappa shape index (κ1) is 15.5. The van der Waals surface area contributed by atoms with Crippen LogP contribution in [0.2, 0.25) is 0 Å². The van der Waals surface area contributed by atoms with Gasteiger partial charge in [0.1, 0.15) is 0 Å². The molecule has 1 aromatic carbocycles. The van der Waals surface area contributed by atoms with Gasteiger partial charge in [0.15, 0.2) is 4.34 Å². The van der Waals surface area contributed by atoms with E-state index in [1.165, 1.54) is 24.4 Å². The topological polar surface area (TPSA) is 71.1 Å². The molecule has 0 amide bonds. The zero-order valence-electron chi connectivity index (χ0n) is 11.0. The van der Waals surface area contributed by atoms with Gasteiger partial charge in [0.25, 0.3) is 5.56 Å². The maximum absolute atomic E-state index is 12.9. The minimum atomic E-state index is -4.62. The average Bonchev–Trinajstić information content (AvgIpc) is 2.90. The Labute approximate surface area is 135 Å². The molecule has 23 heavy (non-hydrogen) atoms. The molecule has 0 fully saturated rings. The molecule has 3 rings (SSSR count). The van der Waals surface area contributed by atoms with Crippen molar-refractivity contribution in [1.82, 2.24) is 14.6 Å². The van der Waals surface area contributed by atoms with E-state index in [1.54, 1.807) is 0 Å². The van der Waals surface area contributed by atoms with Gasteiger partial charge in [-0.1, -0.05) is 23.1 Å². The maximum atomic E-state index is 12.9. The average molecular weight is 354 g/mol. The molecular weight excluding hydrogens is 349 g/mol. The molecule has 5 nitrogen and oxygen atoms in total. The Bertz CT molecular complexity index is 987. The van der Waals surface area contributed by atoms with Crippen molar-refractivity contribution in [3.05, 3.63) is 51.9 Å². The number of fused-ring (bicyclic) bond motifs is 1. The van der Waals surface area contributed by atoms with Gasteiger partial charge >= 0.3 is 6.18 Å². The number of alkyl halides is 3. The van der Waals surface area contributed by atoms with Gasteiger partial charge in [0.2, 0.25) is 4.96 Å². The summed E-state index contributed by atoms with van der Waals surface area (Å²) in [4.78, 5) is 16.2. The van der Waals surface area contributed by atoms with E-state index in [0.29, 0.717) is 9.30 Å². The zero-order chi connectivity index (χ0) is 16.6. The van der Waals surface area contributed by atoms with Crippen molar-refractivity contribution in [3.8, 4) is 6.07 Å². The molecule has 0 aliphatic rings. The highest BCUT2D eigenvalue weighted by Crippen LogP contribution is 2.37. The summed E-state index contributed by atoms with van der Waals surface area (Å²) in [5.41, 5.74) is -1.81. The van der Waals surface area contributed by atoms with Gasteiger partial charge in [-0.05, 0) is 18.2 Å². The third-order valence-corrected chi connectivity index (χ3v) is 4.74. The number of nitriles is 1. The van der Waals surface area contributed by atoms with E-state index >= 15 is 0 Å². The van der Waals surface area contributed by atoms with Crippen LogP contribution >= 0.6 is 23.1 Å². The largest absolute Gasteiger partial charge is 0.417 e. The summed E-state index contributed by atoms with van der Waals surface area (Å²) in [5, 5.41) is 12.8. The summed E-state index contributed by atoms with van der Waals surface area (Å²) >= 11 is 2.06. The molecule has 0 radical (unpaired) electrons. The van der Waals surface area contributed by atoms with Crippen LogP contribution < -0.4 is 5.56 Å². The predicted molar refractivity (Wildman–Crippen MR) is 77.4 cm³/mol. The molecule has 0 saturated carbocycles. The molecule has 0 saturated heterocycles. The van der Waals surface area contributed by atoms with E-state index in [4.69, 9.17) is 5.26 Å². The summed E-state index contributed by atoms with van der Waals surface area (Å²) in [5.74, 6) is 0. The van der Waals surface area contributed by atoms with Gasteiger partial charge in [-0.15, -0.1) is 5.10 Å². The lowest BCUT2D eigenvalue weighted by Crippen LogP contribution is -2.12. The van der Waals surface area contributed by atoms with Crippen molar-refractivity contribution in [1.29, 1.82) is 5.26 Å². The fourth-order valence-corrected chi connectivity index (χ4v) is 3.71. The van der Waals surface area contributed by atoms with E-state index in [9.17, 15) is 18.0 Å². The number of halogens is 3. The zero-order valence-corrected chi connectivity index (χ0v) is 12.7. The van der Waals surface area contributed by atoms with Gasteiger partial charge in [-0.3, -0.25) is 4.79 Å². The second kappa shape index (κ2) is 5.68. The van der Waals surface area contributed by atoms with E-state index in [1.807, 2.05) is 0 Å². The molecular formula is C13H5F3N4OS2. The van der Waals surface area contributed by atoms with Crippen molar-refractivity contribution in [2.45, 2.75) is 15.4 Å². The van der Waals surface area contributed by atoms with E-state index in [0.717, 1.165) is 39.7 Å². The van der Waals surface area contributed by atoms with E-state index < -0.39 is 17.3 Å². The van der Waals surface area contributed by atoms with Crippen LogP contribution in [0.25, 0.3) is 4.96 Å². The highest BCUT2D eigenvalue weighted by molar-refractivity contribution is 8.01. The molecule has 0 N–H and O–H groups in total. The van der Waals surface area contributed by atoms with Crippen molar-refractivity contribution in [2.24, 2.45) is 0 Å². The predicted octanol–water partition coefficient (Wildman–Crippen LogP) is 3.19. The first-order valence-corrected chi connectivity index (χ1v) is 7.66. The van der Waals surface area contributed by atoms with Crippen LogP contribution in [-0.2, 0) is 6.18 Å². The highest BCUT2D eigenvalue weighted by Gasteiger charge is 2.34. The number of benzene rings is 1. The van der Waals surface area contributed by atoms with Crippen molar-refractivity contribution in [2.75, 3.05) is 0 Å². The second-order valence-corrected chi connectivity index (χ2v) is 6.54. The molecule has 0 bridgehead atoms. The Morgan fingerprint density at radius 2 is 2.09 bits per heavy atom. The molecule has 2 aromatic heterocycles. The SMILES string of the molecule is N#Cc1ccc(Sc2nn3c(=O)ccnc3s2)cc1C(F)(F)F. The Hall–Kier alpha value is -2.38. The molecule has 0 unspecified atom stereocenters. The van der Waals surface area contributed by atoms with Crippen LogP contribution in [0.4, 0.5) is 13.2 Å².